The summed E-state index contributed by atoms with van der Waals surface area (Å²) in [5, 5.41) is 8.17. The summed E-state index contributed by atoms with van der Waals surface area (Å²) < 4.78 is 11.8. The normalized spacial score (nSPS) is 18.3. The predicted molar refractivity (Wildman–Crippen MR) is 119 cm³/mol. The highest BCUT2D eigenvalue weighted by atomic mass is 32.2. The summed E-state index contributed by atoms with van der Waals surface area (Å²) in [5.74, 6) is 0. The Bertz CT molecular complexity index is 938. The zero-order valence-corrected chi connectivity index (χ0v) is 18.4. The van der Waals surface area contributed by atoms with Gasteiger partial charge in [-0.05, 0) is 85.9 Å². The van der Waals surface area contributed by atoms with Crippen molar-refractivity contribution in [3.63, 3.8) is 0 Å². The number of carbonyl (C=O) groups excluding carboxylic acids is 1. The lowest BCUT2D eigenvalue weighted by atomic mass is 9.99. The highest BCUT2D eigenvalue weighted by molar-refractivity contribution is 7.85. The van der Waals surface area contributed by atoms with E-state index in [9.17, 15) is 9.00 Å². The molecule has 29 heavy (non-hydrogen) atoms. The lowest BCUT2D eigenvalue weighted by molar-refractivity contribution is 0.259. The van der Waals surface area contributed by atoms with Crippen molar-refractivity contribution in [1.82, 2.24) is 4.90 Å². The van der Waals surface area contributed by atoms with Crippen molar-refractivity contribution >= 4 is 34.0 Å². The minimum Gasteiger partial charge on any atom is -0.351 e. The van der Waals surface area contributed by atoms with Gasteiger partial charge >= 0.3 is 6.03 Å². The van der Waals surface area contributed by atoms with E-state index in [4.69, 9.17) is 10.9 Å². The first kappa shape index (κ1) is 20.5. The Kier molecular flexibility index (Phi) is 6.06. The molecule has 1 aliphatic heterocycles. The number of urea groups is 1. The molecule has 0 spiro atoms. The number of anilines is 1. The summed E-state index contributed by atoms with van der Waals surface area (Å²) in [7, 11) is 0.792. The van der Waals surface area contributed by atoms with Crippen LogP contribution in [0.15, 0.2) is 16.3 Å². The van der Waals surface area contributed by atoms with Crippen molar-refractivity contribution < 1.29 is 9.00 Å². The van der Waals surface area contributed by atoms with Gasteiger partial charge in [0.2, 0.25) is 0 Å². The van der Waals surface area contributed by atoms with Crippen molar-refractivity contribution in [2.24, 2.45) is 10.9 Å². The van der Waals surface area contributed by atoms with Crippen LogP contribution in [0.25, 0.3) is 0 Å². The van der Waals surface area contributed by atoms with Crippen LogP contribution in [0.1, 0.15) is 45.5 Å². The molecular weight excluding hydrogens is 404 g/mol. The van der Waals surface area contributed by atoms with Crippen LogP contribution in [0.2, 0.25) is 0 Å². The molecule has 2 amide bonds. The number of aryl methyl sites for hydroxylation is 2. The Morgan fingerprint density at radius 2 is 1.72 bits per heavy atom. The summed E-state index contributed by atoms with van der Waals surface area (Å²) in [4.78, 5) is 14.7. The number of thiophene rings is 1. The molecule has 8 heteroatoms. The average Bonchev–Trinajstić information content (AvgIpc) is 3.39. The zero-order chi connectivity index (χ0) is 20.5. The van der Waals surface area contributed by atoms with Crippen LogP contribution in [-0.4, -0.2) is 28.7 Å². The number of carbonyl (C=O) groups is 1. The molecule has 0 saturated carbocycles. The second-order valence-corrected chi connectivity index (χ2v) is 10.5. The second-order valence-electron chi connectivity index (χ2n) is 8.02. The summed E-state index contributed by atoms with van der Waals surface area (Å²) >= 11 is 1.59. The van der Waals surface area contributed by atoms with Crippen molar-refractivity contribution in [3.05, 3.63) is 44.8 Å². The Labute approximate surface area is 178 Å². The van der Waals surface area contributed by atoms with E-state index in [0.717, 1.165) is 55.1 Å². The maximum atomic E-state index is 11.1. The molecule has 0 saturated heterocycles. The molecule has 5 rings (SSSR count). The van der Waals surface area contributed by atoms with Crippen LogP contribution >= 0.6 is 11.3 Å². The number of fused-ring (bicyclic) bond motifs is 3. The molecule has 0 fully saturated rings. The lowest BCUT2D eigenvalue weighted by Gasteiger charge is -2.21. The van der Waals surface area contributed by atoms with E-state index in [1.165, 1.54) is 45.5 Å². The number of primary amides is 1. The zero-order valence-electron chi connectivity index (χ0n) is 16.8. The van der Waals surface area contributed by atoms with Gasteiger partial charge in [0.15, 0.2) is 0 Å². The fourth-order valence-electron chi connectivity index (χ4n) is 4.64. The monoisotopic (exact) mass is 432 g/mol. The summed E-state index contributed by atoms with van der Waals surface area (Å²) in [6, 6.07) is 3.89. The molecule has 1 unspecified atom stereocenters. The van der Waals surface area contributed by atoms with E-state index in [2.05, 4.69) is 23.3 Å². The molecule has 1 aromatic carbocycles. The van der Waals surface area contributed by atoms with E-state index < -0.39 is 17.0 Å². The SMILES string of the molecule is CN1CCc2sc(S(N)=O)cc2C1.NC(=O)Nc1c2c(cc3c1CCC3)CCC2. The highest BCUT2D eigenvalue weighted by Crippen LogP contribution is 2.38. The van der Waals surface area contributed by atoms with Gasteiger partial charge in [-0.2, -0.15) is 0 Å². The van der Waals surface area contributed by atoms with Gasteiger partial charge in [0.05, 0.1) is 0 Å². The van der Waals surface area contributed by atoms with Crippen LogP contribution in [0, 0.1) is 0 Å². The first-order chi connectivity index (χ1) is 13.9. The third kappa shape index (κ3) is 4.40. The van der Waals surface area contributed by atoms with Crippen LogP contribution in [0.5, 0.6) is 0 Å². The maximum absolute atomic E-state index is 11.1. The molecule has 5 N–H and O–H groups in total. The number of nitrogens with two attached hydrogens (primary N) is 2. The van der Waals surface area contributed by atoms with Gasteiger partial charge in [-0.25, -0.2) is 14.1 Å². The third-order valence-electron chi connectivity index (χ3n) is 5.95. The number of hydrogen-bond acceptors (Lipinski definition) is 4. The van der Waals surface area contributed by atoms with Crippen LogP contribution in [0.4, 0.5) is 10.5 Å². The number of rotatable bonds is 2. The van der Waals surface area contributed by atoms with E-state index in [0.29, 0.717) is 0 Å². The Hall–Kier alpha value is -1.74. The van der Waals surface area contributed by atoms with E-state index in [1.807, 2.05) is 6.07 Å². The topological polar surface area (TPSA) is 101 Å². The molecule has 2 heterocycles. The molecule has 1 atom stereocenters. The average molecular weight is 433 g/mol. The van der Waals surface area contributed by atoms with Gasteiger partial charge in [-0.3, -0.25) is 0 Å². The molecule has 2 aliphatic carbocycles. The summed E-state index contributed by atoms with van der Waals surface area (Å²) in [6.07, 6.45) is 7.92. The Balaban J connectivity index is 0.000000145. The van der Waals surface area contributed by atoms with Crippen molar-refractivity contribution in [2.45, 2.75) is 55.7 Å². The molecule has 2 aromatic rings. The smallest absolute Gasteiger partial charge is 0.316 e. The number of benzene rings is 1. The summed E-state index contributed by atoms with van der Waals surface area (Å²) in [6.45, 7) is 2.05. The second kappa shape index (κ2) is 8.55. The number of nitrogens with zero attached hydrogens (tertiary/aromatic N) is 1. The Morgan fingerprint density at radius 1 is 1.07 bits per heavy atom. The standard InChI is InChI=1S/C13H16N2O.C8H12N2OS2/c14-13(16)15-12-10-5-1-3-8(10)7-9-4-2-6-11(9)12;1-10-3-2-7-6(5-10)4-8(12-7)13(9)11/h7H,1-6H2,(H3,14,15,16);4H,2-3,5,9H2,1H3. The molecule has 1 aromatic heterocycles. The van der Waals surface area contributed by atoms with Gasteiger partial charge in [0, 0.05) is 23.7 Å². The molecular formula is C21H28N4O2S2. The molecule has 0 bridgehead atoms. The van der Waals surface area contributed by atoms with Crippen LogP contribution in [-0.2, 0) is 49.6 Å². The van der Waals surface area contributed by atoms with E-state index in [1.54, 1.807) is 11.3 Å². The molecule has 3 aliphatic rings. The van der Waals surface area contributed by atoms with Crippen molar-refractivity contribution in [3.8, 4) is 0 Å². The fraction of sp³-hybridized carbons (Fsp3) is 0.476. The van der Waals surface area contributed by atoms with Crippen molar-refractivity contribution in [1.29, 1.82) is 0 Å². The summed E-state index contributed by atoms with van der Waals surface area (Å²) in [5.41, 5.74) is 13.1. The highest BCUT2D eigenvalue weighted by Gasteiger charge is 2.24. The maximum Gasteiger partial charge on any atom is 0.316 e. The predicted octanol–water partition coefficient (Wildman–Crippen LogP) is 2.87. The van der Waals surface area contributed by atoms with Gasteiger partial charge in [-0.15, -0.1) is 11.3 Å². The lowest BCUT2D eigenvalue weighted by Crippen LogP contribution is -2.25. The van der Waals surface area contributed by atoms with Gasteiger partial charge in [0.25, 0.3) is 0 Å². The quantitative estimate of drug-likeness (QED) is 0.680. The van der Waals surface area contributed by atoms with Crippen molar-refractivity contribution in [2.75, 3.05) is 18.9 Å². The minimum atomic E-state index is -1.31. The number of hydrogen-bond donors (Lipinski definition) is 3. The number of likely N-dealkylation sites (N-methyl/N-ethyl adjacent to an activating group) is 1. The number of nitrogens with one attached hydrogen (secondary N) is 1. The largest absolute Gasteiger partial charge is 0.351 e. The van der Waals surface area contributed by atoms with Gasteiger partial charge < -0.3 is 16.0 Å². The van der Waals surface area contributed by atoms with Crippen LogP contribution in [0.3, 0.4) is 0 Å². The third-order valence-corrected chi connectivity index (χ3v) is 8.24. The number of amides is 2. The molecule has 6 nitrogen and oxygen atoms in total. The van der Waals surface area contributed by atoms with Gasteiger partial charge in [0.1, 0.15) is 15.2 Å². The minimum absolute atomic E-state index is 0.436. The molecule has 0 radical (unpaired) electrons. The Morgan fingerprint density at radius 3 is 2.31 bits per heavy atom. The molecule has 156 valence electrons. The first-order valence-corrected chi connectivity index (χ1v) is 12.1. The van der Waals surface area contributed by atoms with E-state index >= 15 is 0 Å². The van der Waals surface area contributed by atoms with Gasteiger partial charge in [-0.1, -0.05) is 6.07 Å². The van der Waals surface area contributed by atoms with E-state index in [-0.39, 0.29) is 0 Å². The first-order valence-electron chi connectivity index (χ1n) is 10.1. The fourth-order valence-corrected chi connectivity index (χ4v) is 6.42. The van der Waals surface area contributed by atoms with Crippen LogP contribution < -0.4 is 16.2 Å².